The smallest absolute Gasteiger partial charge is 0.319 e. The lowest BCUT2D eigenvalue weighted by atomic mass is 10.2. The molecule has 1 aromatic heterocycles. The van der Waals surface area contributed by atoms with Gasteiger partial charge in [0.05, 0.1) is 0 Å². The van der Waals surface area contributed by atoms with Crippen LogP contribution in [0.4, 0.5) is 10.5 Å². The van der Waals surface area contributed by atoms with Crippen molar-refractivity contribution in [1.29, 1.82) is 0 Å². The molecule has 3 amide bonds. The maximum Gasteiger partial charge on any atom is 0.319 e. The average molecular weight is 483 g/mol. The molecule has 1 saturated heterocycles. The molecule has 3 rings (SSSR count). The lowest BCUT2D eigenvalue weighted by molar-refractivity contribution is 0.0952. The Morgan fingerprint density at radius 2 is 1.77 bits per heavy atom. The van der Waals surface area contributed by atoms with E-state index in [0.717, 1.165) is 28.4 Å². The Bertz CT molecular complexity index is 1010. The van der Waals surface area contributed by atoms with Crippen LogP contribution in [-0.4, -0.2) is 55.3 Å². The quantitative estimate of drug-likeness (QED) is 0.562. The first kappa shape index (κ1) is 23.6. The highest BCUT2D eigenvalue weighted by Gasteiger charge is 2.31. The second kappa shape index (κ2) is 10.5. The van der Waals surface area contributed by atoms with Crippen LogP contribution < -0.4 is 16.0 Å². The van der Waals surface area contributed by atoms with Gasteiger partial charge in [-0.25, -0.2) is 13.2 Å². The number of hydrogen-bond acceptors (Lipinski definition) is 6. The zero-order valence-electron chi connectivity index (χ0n) is 17.4. The first-order valence-corrected chi connectivity index (χ1v) is 13.3. The molecular weight excluding hydrogens is 456 g/mol. The summed E-state index contributed by atoms with van der Waals surface area (Å²) in [5.41, 5.74) is 1.47. The third kappa shape index (κ3) is 6.22. The minimum absolute atomic E-state index is 0.0363. The van der Waals surface area contributed by atoms with Crippen LogP contribution in [0.3, 0.4) is 0 Å². The zero-order chi connectivity index (χ0) is 22.4. The standard InChI is InChI=1S/C20H26N4O4S3/c1-14(2)22-20(26)23-16-5-3-15(4-6-16)13-21-19(25)18-17(7-10-30-18)31(27,28)24-8-11-29-12-9-24/h3-7,10,14H,8-9,11-13H2,1-2H3,(H,21,25)(H2,22,23,26). The van der Waals surface area contributed by atoms with Gasteiger partial charge in [0.25, 0.3) is 5.91 Å². The summed E-state index contributed by atoms with van der Waals surface area (Å²) >= 11 is 2.85. The molecule has 0 aliphatic carbocycles. The number of rotatable bonds is 7. The van der Waals surface area contributed by atoms with Gasteiger partial charge in [-0.15, -0.1) is 11.3 Å². The number of hydrogen-bond donors (Lipinski definition) is 3. The summed E-state index contributed by atoms with van der Waals surface area (Å²) in [6, 6.07) is 8.34. The molecule has 0 saturated carbocycles. The van der Waals surface area contributed by atoms with Gasteiger partial charge >= 0.3 is 6.03 Å². The normalized spacial score (nSPS) is 14.9. The van der Waals surface area contributed by atoms with E-state index in [2.05, 4.69) is 16.0 Å². The minimum Gasteiger partial charge on any atom is -0.347 e. The van der Waals surface area contributed by atoms with Crippen LogP contribution in [-0.2, 0) is 16.6 Å². The Kier molecular flexibility index (Phi) is 7.98. The summed E-state index contributed by atoms with van der Waals surface area (Å²) < 4.78 is 27.3. The lowest BCUT2D eigenvalue weighted by Crippen LogP contribution is -2.38. The molecule has 11 heteroatoms. The maximum atomic E-state index is 12.9. The van der Waals surface area contributed by atoms with Crippen molar-refractivity contribution in [2.45, 2.75) is 31.3 Å². The molecule has 1 aliphatic rings. The van der Waals surface area contributed by atoms with Gasteiger partial charge in [-0.2, -0.15) is 16.1 Å². The van der Waals surface area contributed by atoms with E-state index in [4.69, 9.17) is 0 Å². The number of amides is 3. The number of carbonyl (C=O) groups excluding carboxylic acids is 2. The van der Waals surface area contributed by atoms with Crippen molar-refractivity contribution in [2.24, 2.45) is 0 Å². The SMILES string of the molecule is CC(C)NC(=O)Nc1ccc(CNC(=O)c2sccc2S(=O)(=O)N2CCSCC2)cc1. The number of sulfonamides is 1. The molecule has 0 spiro atoms. The fourth-order valence-electron chi connectivity index (χ4n) is 2.99. The van der Waals surface area contributed by atoms with E-state index in [1.54, 1.807) is 41.4 Å². The minimum atomic E-state index is -3.68. The van der Waals surface area contributed by atoms with Gasteiger partial charge in [0, 0.05) is 42.9 Å². The Balaban J connectivity index is 1.61. The van der Waals surface area contributed by atoms with Crippen molar-refractivity contribution in [3.8, 4) is 0 Å². The van der Waals surface area contributed by atoms with Crippen molar-refractivity contribution in [2.75, 3.05) is 29.9 Å². The van der Waals surface area contributed by atoms with Crippen LogP contribution in [0.5, 0.6) is 0 Å². The van der Waals surface area contributed by atoms with Crippen LogP contribution in [0.2, 0.25) is 0 Å². The molecule has 0 atom stereocenters. The number of thioether (sulfide) groups is 1. The molecule has 2 aromatic rings. The van der Waals surface area contributed by atoms with E-state index >= 15 is 0 Å². The van der Waals surface area contributed by atoms with Crippen molar-refractivity contribution >= 4 is 50.7 Å². The van der Waals surface area contributed by atoms with E-state index < -0.39 is 15.9 Å². The van der Waals surface area contributed by atoms with Crippen molar-refractivity contribution in [3.05, 3.63) is 46.2 Å². The van der Waals surface area contributed by atoms with E-state index in [-0.39, 0.29) is 28.4 Å². The molecule has 1 aromatic carbocycles. The van der Waals surface area contributed by atoms with Crippen LogP contribution in [0.25, 0.3) is 0 Å². The lowest BCUT2D eigenvalue weighted by Gasteiger charge is -2.25. The highest BCUT2D eigenvalue weighted by molar-refractivity contribution is 7.99. The highest BCUT2D eigenvalue weighted by Crippen LogP contribution is 2.27. The first-order valence-electron chi connectivity index (χ1n) is 9.87. The van der Waals surface area contributed by atoms with E-state index in [1.807, 2.05) is 13.8 Å². The molecular formula is C20H26N4O4S3. The summed E-state index contributed by atoms with van der Waals surface area (Å²) in [7, 11) is -3.68. The van der Waals surface area contributed by atoms with Crippen LogP contribution in [0.1, 0.15) is 29.1 Å². The van der Waals surface area contributed by atoms with Gasteiger partial charge in [0.15, 0.2) is 0 Å². The molecule has 31 heavy (non-hydrogen) atoms. The molecule has 3 N–H and O–H groups in total. The molecule has 0 bridgehead atoms. The summed E-state index contributed by atoms with van der Waals surface area (Å²) in [4.78, 5) is 24.7. The van der Waals surface area contributed by atoms with Crippen LogP contribution >= 0.6 is 23.1 Å². The Morgan fingerprint density at radius 1 is 1.10 bits per heavy atom. The number of thiophene rings is 1. The Hall–Kier alpha value is -2.08. The van der Waals surface area contributed by atoms with Crippen LogP contribution in [0, 0.1) is 0 Å². The number of carbonyl (C=O) groups is 2. The molecule has 168 valence electrons. The fraction of sp³-hybridized carbons (Fsp3) is 0.400. The van der Waals surface area contributed by atoms with E-state index in [0.29, 0.717) is 18.8 Å². The predicted octanol–water partition coefficient (Wildman–Crippen LogP) is 2.95. The number of nitrogens with zero attached hydrogens (tertiary/aromatic N) is 1. The first-order chi connectivity index (χ1) is 14.8. The molecule has 2 heterocycles. The maximum absolute atomic E-state index is 12.9. The van der Waals surface area contributed by atoms with Gasteiger partial charge in [-0.3, -0.25) is 4.79 Å². The predicted molar refractivity (Wildman–Crippen MR) is 125 cm³/mol. The number of nitrogens with one attached hydrogen (secondary N) is 3. The second-order valence-electron chi connectivity index (χ2n) is 7.26. The number of urea groups is 1. The van der Waals surface area contributed by atoms with Gasteiger partial charge in [0.2, 0.25) is 10.0 Å². The fourth-order valence-corrected chi connectivity index (χ4v) is 6.88. The summed E-state index contributed by atoms with van der Waals surface area (Å²) in [6.07, 6.45) is 0. The molecule has 8 nitrogen and oxygen atoms in total. The number of anilines is 1. The Labute approximate surface area is 190 Å². The third-order valence-corrected chi connectivity index (χ3v) is 8.43. The number of benzene rings is 1. The largest absolute Gasteiger partial charge is 0.347 e. The molecule has 0 radical (unpaired) electrons. The molecule has 1 aliphatic heterocycles. The third-order valence-electron chi connectivity index (χ3n) is 4.51. The Morgan fingerprint density at radius 3 is 2.42 bits per heavy atom. The van der Waals surface area contributed by atoms with Gasteiger partial charge in [-0.05, 0) is 43.0 Å². The van der Waals surface area contributed by atoms with Crippen molar-refractivity contribution in [1.82, 2.24) is 14.9 Å². The molecule has 0 unspecified atom stereocenters. The monoisotopic (exact) mass is 482 g/mol. The molecule has 1 fully saturated rings. The highest BCUT2D eigenvalue weighted by atomic mass is 32.2. The van der Waals surface area contributed by atoms with Gasteiger partial charge in [0.1, 0.15) is 9.77 Å². The summed E-state index contributed by atoms with van der Waals surface area (Å²) in [5, 5.41) is 9.89. The van der Waals surface area contributed by atoms with Gasteiger partial charge in [-0.1, -0.05) is 12.1 Å². The zero-order valence-corrected chi connectivity index (χ0v) is 19.8. The second-order valence-corrected chi connectivity index (χ2v) is 11.3. The summed E-state index contributed by atoms with van der Waals surface area (Å²) in [6.45, 7) is 4.91. The van der Waals surface area contributed by atoms with Crippen molar-refractivity contribution in [3.63, 3.8) is 0 Å². The average Bonchev–Trinajstić information content (AvgIpc) is 3.24. The van der Waals surface area contributed by atoms with Crippen molar-refractivity contribution < 1.29 is 18.0 Å². The van der Waals surface area contributed by atoms with E-state index in [9.17, 15) is 18.0 Å². The van der Waals surface area contributed by atoms with Crippen LogP contribution in [0.15, 0.2) is 40.6 Å². The van der Waals surface area contributed by atoms with E-state index in [1.165, 1.54) is 10.4 Å². The van der Waals surface area contributed by atoms with Gasteiger partial charge < -0.3 is 16.0 Å². The topological polar surface area (TPSA) is 108 Å². The summed E-state index contributed by atoms with van der Waals surface area (Å²) in [5.74, 6) is 1.10.